The van der Waals surface area contributed by atoms with Crippen molar-refractivity contribution < 1.29 is 14.7 Å². The van der Waals surface area contributed by atoms with E-state index in [1.54, 1.807) is 35.2 Å². The Labute approximate surface area is 129 Å². The van der Waals surface area contributed by atoms with Gasteiger partial charge in [0.05, 0.1) is 6.10 Å². The first-order valence-electron chi connectivity index (χ1n) is 7.33. The highest BCUT2D eigenvalue weighted by Crippen LogP contribution is 2.14. The van der Waals surface area contributed by atoms with Crippen molar-refractivity contribution in [1.29, 1.82) is 0 Å². The van der Waals surface area contributed by atoms with Crippen LogP contribution in [0.5, 0.6) is 0 Å². The Morgan fingerprint density at radius 3 is 2.73 bits per heavy atom. The third-order valence-electron chi connectivity index (χ3n) is 3.49. The maximum atomic E-state index is 12.1. The first-order valence-corrected chi connectivity index (χ1v) is 7.33. The molecule has 1 heterocycles. The summed E-state index contributed by atoms with van der Waals surface area (Å²) in [7, 11) is 0. The second-order valence-electron chi connectivity index (χ2n) is 5.25. The Hall–Kier alpha value is -2.34. The molecule has 1 aliphatic heterocycles. The van der Waals surface area contributed by atoms with Crippen LogP contribution in [0.3, 0.4) is 0 Å². The van der Waals surface area contributed by atoms with Gasteiger partial charge in [0, 0.05) is 30.9 Å². The molecule has 1 aromatic carbocycles. The molecule has 0 spiro atoms. The predicted molar refractivity (Wildman–Crippen MR) is 84.8 cm³/mol. The van der Waals surface area contributed by atoms with Crippen molar-refractivity contribution in [3.63, 3.8) is 0 Å². The van der Waals surface area contributed by atoms with Crippen LogP contribution in [0.15, 0.2) is 36.9 Å². The first kappa shape index (κ1) is 16.0. The molecule has 3 amide bonds. The predicted octanol–water partition coefficient (Wildman–Crippen LogP) is 1.59. The van der Waals surface area contributed by atoms with Gasteiger partial charge in [-0.25, -0.2) is 4.79 Å². The lowest BCUT2D eigenvalue weighted by molar-refractivity contribution is 0.0883. The highest BCUT2D eigenvalue weighted by molar-refractivity contribution is 5.95. The summed E-state index contributed by atoms with van der Waals surface area (Å²) < 4.78 is 0. The van der Waals surface area contributed by atoms with Gasteiger partial charge in [0.2, 0.25) is 0 Å². The van der Waals surface area contributed by atoms with Crippen molar-refractivity contribution >= 4 is 17.6 Å². The number of nitrogens with zero attached hydrogens (tertiary/aromatic N) is 1. The molecule has 6 heteroatoms. The molecular weight excluding hydrogens is 282 g/mol. The molecule has 0 bridgehead atoms. The van der Waals surface area contributed by atoms with Crippen LogP contribution in [0.2, 0.25) is 0 Å². The SMILES string of the molecule is C=CCNC(=O)c1ccc(NC(=O)N2CCC[C@H](O)C2)cc1. The molecule has 3 N–H and O–H groups in total. The standard InChI is InChI=1S/C16H21N3O3/c1-2-9-17-15(21)12-5-7-13(8-6-12)18-16(22)19-10-3-4-14(20)11-19/h2,5-8,14,20H,1,3-4,9-11H2,(H,17,21)(H,18,22)/t14-/m0/s1. The number of carbonyl (C=O) groups excluding carboxylic acids is 2. The van der Waals surface area contributed by atoms with E-state index in [2.05, 4.69) is 17.2 Å². The third-order valence-corrected chi connectivity index (χ3v) is 3.49. The van der Waals surface area contributed by atoms with E-state index in [9.17, 15) is 14.7 Å². The second-order valence-corrected chi connectivity index (χ2v) is 5.25. The zero-order valence-electron chi connectivity index (χ0n) is 12.4. The Bertz CT molecular complexity index is 542. The zero-order valence-corrected chi connectivity index (χ0v) is 12.4. The van der Waals surface area contributed by atoms with Gasteiger partial charge in [-0.15, -0.1) is 6.58 Å². The second kappa shape index (κ2) is 7.61. The molecular formula is C16H21N3O3. The number of aliphatic hydroxyl groups is 1. The molecule has 0 unspecified atom stereocenters. The number of amides is 3. The van der Waals surface area contributed by atoms with Crippen LogP contribution in [-0.4, -0.2) is 47.7 Å². The van der Waals surface area contributed by atoms with Crippen LogP contribution in [0.4, 0.5) is 10.5 Å². The normalized spacial score (nSPS) is 17.7. The molecule has 1 aromatic rings. The molecule has 0 radical (unpaired) electrons. The quantitative estimate of drug-likeness (QED) is 0.739. The van der Waals surface area contributed by atoms with Crippen molar-refractivity contribution in [3.8, 4) is 0 Å². The van der Waals surface area contributed by atoms with Gasteiger partial charge in [-0.3, -0.25) is 4.79 Å². The minimum absolute atomic E-state index is 0.183. The summed E-state index contributed by atoms with van der Waals surface area (Å²) in [6.45, 7) is 4.95. The number of hydrogen-bond donors (Lipinski definition) is 3. The van der Waals surface area contributed by atoms with E-state index in [-0.39, 0.29) is 11.9 Å². The summed E-state index contributed by atoms with van der Waals surface area (Å²) in [5.41, 5.74) is 1.14. The van der Waals surface area contributed by atoms with E-state index >= 15 is 0 Å². The monoisotopic (exact) mass is 303 g/mol. The molecule has 1 atom stereocenters. The first-order chi connectivity index (χ1) is 10.6. The van der Waals surface area contributed by atoms with Crippen molar-refractivity contribution in [2.24, 2.45) is 0 Å². The fourth-order valence-electron chi connectivity index (χ4n) is 2.31. The molecule has 0 aromatic heterocycles. The third kappa shape index (κ3) is 4.33. The van der Waals surface area contributed by atoms with Crippen LogP contribution >= 0.6 is 0 Å². The highest BCUT2D eigenvalue weighted by Gasteiger charge is 2.21. The minimum atomic E-state index is -0.449. The number of rotatable bonds is 4. The van der Waals surface area contributed by atoms with Crippen molar-refractivity contribution in [2.75, 3.05) is 25.0 Å². The number of carbonyl (C=O) groups is 2. The molecule has 1 fully saturated rings. The molecule has 1 aliphatic rings. The topological polar surface area (TPSA) is 81.7 Å². The van der Waals surface area contributed by atoms with E-state index in [0.29, 0.717) is 30.9 Å². The van der Waals surface area contributed by atoms with Gasteiger partial charge in [0.15, 0.2) is 0 Å². The number of hydrogen-bond acceptors (Lipinski definition) is 3. The Morgan fingerprint density at radius 1 is 1.36 bits per heavy atom. The summed E-state index contributed by atoms with van der Waals surface area (Å²) >= 11 is 0. The average Bonchev–Trinajstić information content (AvgIpc) is 2.53. The lowest BCUT2D eigenvalue weighted by atomic mass is 10.1. The van der Waals surface area contributed by atoms with Crippen LogP contribution in [0, 0.1) is 0 Å². The number of urea groups is 1. The number of nitrogens with one attached hydrogen (secondary N) is 2. The van der Waals surface area contributed by atoms with Gasteiger partial charge in [-0.2, -0.15) is 0 Å². The smallest absolute Gasteiger partial charge is 0.321 e. The highest BCUT2D eigenvalue weighted by atomic mass is 16.3. The molecule has 118 valence electrons. The molecule has 0 saturated carbocycles. The number of benzene rings is 1. The van der Waals surface area contributed by atoms with Crippen LogP contribution < -0.4 is 10.6 Å². The number of anilines is 1. The van der Waals surface area contributed by atoms with E-state index in [0.717, 1.165) is 12.8 Å². The van der Waals surface area contributed by atoms with Crippen LogP contribution in [0.25, 0.3) is 0 Å². The van der Waals surface area contributed by atoms with Gasteiger partial charge in [-0.05, 0) is 37.1 Å². The number of aliphatic hydroxyl groups excluding tert-OH is 1. The molecule has 2 rings (SSSR count). The maximum Gasteiger partial charge on any atom is 0.321 e. The summed E-state index contributed by atoms with van der Waals surface area (Å²) in [5, 5.41) is 15.0. The van der Waals surface area contributed by atoms with Gasteiger partial charge in [0.1, 0.15) is 0 Å². The number of β-amino-alcohol motifs (C(OH)–C–C–N with tert-alkyl or cyclic N) is 1. The Morgan fingerprint density at radius 2 is 2.09 bits per heavy atom. The molecule has 6 nitrogen and oxygen atoms in total. The lowest BCUT2D eigenvalue weighted by Crippen LogP contribution is -2.44. The zero-order chi connectivity index (χ0) is 15.9. The van der Waals surface area contributed by atoms with E-state index in [1.807, 2.05) is 0 Å². The number of likely N-dealkylation sites (tertiary alicyclic amines) is 1. The van der Waals surface area contributed by atoms with Crippen LogP contribution in [-0.2, 0) is 0 Å². The summed E-state index contributed by atoms with van der Waals surface area (Å²) in [4.78, 5) is 25.4. The lowest BCUT2D eigenvalue weighted by Gasteiger charge is -2.30. The van der Waals surface area contributed by atoms with Gasteiger partial charge >= 0.3 is 6.03 Å². The Balaban J connectivity index is 1.91. The van der Waals surface area contributed by atoms with Crippen molar-refractivity contribution in [3.05, 3.63) is 42.5 Å². The molecule has 1 saturated heterocycles. The minimum Gasteiger partial charge on any atom is -0.391 e. The largest absolute Gasteiger partial charge is 0.391 e. The van der Waals surface area contributed by atoms with Crippen molar-refractivity contribution in [2.45, 2.75) is 18.9 Å². The van der Waals surface area contributed by atoms with E-state index in [4.69, 9.17) is 0 Å². The summed E-state index contributed by atoms with van der Waals surface area (Å²) in [6, 6.07) is 6.43. The van der Waals surface area contributed by atoms with E-state index in [1.165, 1.54) is 0 Å². The summed E-state index contributed by atoms with van der Waals surface area (Å²) in [6.07, 6.45) is 2.70. The van der Waals surface area contributed by atoms with Crippen LogP contribution in [0.1, 0.15) is 23.2 Å². The molecule has 0 aliphatic carbocycles. The van der Waals surface area contributed by atoms with E-state index < -0.39 is 6.10 Å². The average molecular weight is 303 g/mol. The maximum absolute atomic E-state index is 12.1. The number of piperidine rings is 1. The fraction of sp³-hybridized carbons (Fsp3) is 0.375. The van der Waals surface area contributed by atoms with Gasteiger partial charge < -0.3 is 20.6 Å². The van der Waals surface area contributed by atoms with Gasteiger partial charge in [0.25, 0.3) is 5.91 Å². The molecule has 22 heavy (non-hydrogen) atoms. The summed E-state index contributed by atoms with van der Waals surface area (Å²) in [5.74, 6) is -0.183. The Kier molecular flexibility index (Phi) is 5.55. The fourth-order valence-corrected chi connectivity index (χ4v) is 2.31. The van der Waals surface area contributed by atoms with Crippen molar-refractivity contribution in [1.82, 2.24) is 10.2 Å². The van der Waals surface area contributed by atoms with Gasteiger partial charge in [-0.1, -0.05) is 6.08 Å².